The van der Waals surface area contributed by atoms with E-state index in [-0.39, 0.29) is 17.7 Å². The Balaban J connectivity index is 1.35. The van der Waals surface area contributed by atoms with E-state index < -0.39 is 23.8 Å². The highest BCUT2D eigenvalue weighted by molar-refractivity contribution is 6.01. The van der Waals surface area contributed by atoms with Gasteiger partial charge in [0.2, 0.25) is 5.91 Å². The zero-order valence-electron chi connectivity index (χ0n) is 18.5. The van der Waals surface area contributed by atoms with Crippen molar-refractivity contribution in [3.05, 3.63) is 54.1 Å². The molecule has 1 unspecified atom stereocenters. The molecule has 2 aliphatic rings. The SMILES string of the molecule is O=C(Nc1ccc(C(F)(F)F)cc1)N[C@H]1CCCN(c2ccc(N3CCCC(O)C3)cc2)C1=O. The lowest BCUT2D eigenvalue weighted by Gasteiger charge is -2.34. The van der Waals surface area contributed by atoms with Crippen molar-refractivity contribution in [2.45, 2.75) is 44.0 Å². The first-order chi connectivity index (χ1) is 16.2. The molecule has 2 aliphatic heterocycles. The van der Waals surface area contributed by atoms with E-state index in [1.807, 2.05) is 24.3 Å². The summed E-state index contributed by atoms with van der Waals surface area (Å²) in [6, 6.07) is 10.3. The van der Waals surface area contributed by atoms with Gasteiger partial charge in [-0.1, -0.05) is 0 Å². The molecule has 2 aromatic carbocycles. The molecular formula is C24H27F3N4O3. The molecule has 0 aliphatic carbocycles. The summed E-state index contributed by atoms with van der Waals surface area (Å²) in [5, 5.41) is 15.0. The number of hydrogen-bond acceptors (Lipinski definition) is 4. The molecule has 0 aromatic heterocycles. The summed E-state index contributed by atoms with van der Waals surface area (Å²) in [5.41, 5.74) is 1.10. The van der Waals surface area contributed by atoms with Crippen LogP contribution in [0.1, 0.15) is 31.2 Å². The zero-order chi connectivity index (χ0) is 24.3. The van der Waals surface area contributed by atoms with Crippen molar-refractivity contribution in [2.75, 3.05) is 34.8 Å². The number of alkyl halides is 3. The van der Waals surface area contributed by atoms with E-state index in [9.17, 15) is 27.9 Å². The normalized spacial score (nSPS) is 21.4. The van der Waals surface area contributed by atoms with Gasteiger partial charge in [0.15, 0.2) is 0 Å². The van der Waals surface area contributed by atoms with Gasteiger partial charge in [0, 0.05) is 36.7 Å². The fraction of sp³-hybridized carbons (Fsp3) is 0.417. The molecule has 0 radical (unpaired) electrons. The quantitative estimate of drug-likeness (QED) is 0.623. The van der Waals surface area contributed by atoms with Gasteiger partial charge in [-0.3, -0.25) is 4.79 Å². The first-order valence-electron chi connectivity index (χ1n) is 11.3. The van der Waals surface area contributed by atoms with Gasteiger partial charge in [-0.15, -0.1) is 0 Å². The first-order valence-corrected chi connectivity index (χ1v) is 11.3. The van der Waals surface area contributed by atoms with Crippen molar-refractivity contribution in [1.29, 1.82) is 0 Å². The molecule has 0 bridgehead atoms. The standard InChI is InChI=1S/C24H27F3N4O3/c25-24(26,27)16-5-7-17(8-6-16)28-23(34)29-21-4-2-14-31(22(21)33)19-11-9-18(10-12-19)30-13-1-3-20(32)15-30/h5-12,20-21,32H,1-4,13-15H2,(H2,28,29,34)/t20?,21-/m0/s1. The molecule has 0 saturated carbocycles. The van der Waals surface area contributed by atoms with E-state index >= 15 is 0 Å². The molecule has 3 amide bonds. The molecule has 2 heterocycles. The number of rotatable bonds is 4. The number of carbonyl (C=O) groups is 2. The number of amides is 3. The predicted molar refractivity (Wildman–Crippen MR) is 123 cm³/mol. The minimum atomic E-state index is -4.45. The fourth-order valence-corrected chi connectivity index (χ4v) is 4.37. The van der Waals surface area contributed by atoms with Crippen LogP contribution in [-0.2, 0) is 11.0 Å². The monoisotopic (exact) mass is 476 g/mol. The number of nitrogens with one attached hydrogen (secondary N) is 2. The number of anilines is 3. The Bertz CT molecular complexity index is 1010. The lowest BCUT2D eigenvalue weighted by Crippen LogP contribution is -2.53. The van der Waals surface area contributed by atoms with Crippen molar-refractivity contribution in [3.63, 3.8) is 0 Å². The van der Waals surface area contributed by atoms with Gasteiger partial charge in [-0.05, 0) is 74.2 Å². The number of carbonyl (C=O) groups excluding carboxylic acids is 2. The van der Waals surface area contributed by atoms with Crippen LogP contribution in [0.3, 0.4) is 0 Å². The second kappa shape index (κ2) is 9.92. The van der Waals surface area contributed by atoms with Gasteiger partial charge in [-0.25, -0.2) is 4.79 Å². The smallest absolute Gasteiger partial charge is 0.391 e. The average Bonchev–Trinajstić information content (AvgIpc) is 2.80. The maximum Gasteiger partial charge on any atom is 0.416 e. The summed E-state index contributed by atoms with van der Waals surface area (Å²) in [4.78, 5) is 29.1. The summed E-state index contributed by atoms with van der Waals surface area (Å²) >= 11 is 0. The summed E-state index contributed by atoms with van der Waals surface area (Å²) in [6.07, 6.45) is -1.90. The van der Waals surface area contributed by atoms with Crippen LogP contribution in [0.25, 0.3) is 0 Å². The molecule has 2 atom stereocenters. The van der Waals surface area contributed by atoms with Crippen LogP contribution in [0.5, 0.6) is 0 Å². The number of benzene rings is 2. The largest absolute Gasteiger partial charge is 0.416 e. The van der Waals surface area contributed by atoms with Gasteiger partial charge in [-0.2, -0.15) is 13.2 Å². The molecule has 3 N–H and O–H groups in total. The Hall–Kier alpha value is -3.27. The number of hydrogen-bond donors (Lipinski definition) is 3. The number of aliphatic hydroxyl groups is 1. The second-order valence-corrected chi connectivity index (χ2v) is 8.62. The first kappa shape index (κ1) is 23.9. The Labute approximate surface area is 195 Å². The van der Waals surface area contributed by atoms with Crippen molar-refractivity contribution >= 4 is 29.0 Å². The zero-order valence-corrected chi connectivity index (χ0v) is 18.5. The van der Waals surface area contributed by atoms with Crippen LogP contribution >= 0.6 is 0 Å². The van der Waals surface area contributed by atoms with Crippen molar-refractivity contribution in [2.24, 2.45) is 0 Å². The number of β-amino-alcohol motifs (C(OH)–C–C–N with tert-alkyl or cyclic N) is 1. The molecule has 4 rings (SSSR count). The van der Waals surface area contributed by atoms with E-state index in [0.717, 1.165) is 42.9 Å². The van der Waals surface area contributed by atoms with Gasteiger partial charge in [0.1, 0.15) is 6.04 Å². The minimum Gasteiger partial charge on any atom is -0.391 e. The van der Waals surface area contributed by atoms with Crippen LogP contribution in [0.4, 0.5) is 35.0 Å². The summed E-state index contributed by atoms with van der Waals surface area (Å²) < 4.78 is 38.1. The van der Waals surface area contributed by atoms with E-state index in [0.29, 0.717) is 25.9 Å². The highest BCUT2D eigenvalue weighted by Crippen LogP contribution is 2.30. The molecule has 34 heavy (non-hydrogen) atoms. The molecular weight excluding hydrogens is 449 g/mol. The Morgan fingerprint density at radius 3 is 2.24 bits per heavy atom. The lowest BCUT2D eigenvalue weighted by atomic mass is 10.0. The van der Waals surface area contributed by atoms with Gasteiger partial charge >= 0.3 is 12.2 Å². The maximum absolute atomic E-state index is 13.0. The van der Waals surface area contributed by atoms with Crippen molar-refractivity contribution in [3.8, 4) is 0 Å². The third-order valence-electron chi connectivity index (χ3n) is 6.14. The maximum atomic E-state index is 13.0. The van der Waals surface area contributed by atoms with Gasteiger partial charge in [0.25, 0.3) is 0 Å². The molecule has 10 heteroatoms. The van der Waals surface area contributed by atoms with E-state index in [1.54, 1.807) is 4.90 Å². The number of halogens is 3. The molecule has 0 spiro atoms. The molecule has 2 aromatic rings. The fourth-order valence-electron chi connectivity index (χ4n) is 4.37. The number of aliphatic hydroxyl groups excluding tert-OH is 1. The van der Waals surface area contributed by atoms with Crippen LogP contribution in [-0.4, -0.2) is 48.8 Å². The van der Waals surface area contributed by atoms with Crippen LogP contribution in [0, 0.1) is 0 Å². The van der Waals surface area contributed by atoms with Crippen LogP contribution in [0.15, 0.2) is 48.5 Å². The predicted octanol–water partition coefficient (Wildman–Crippen LogP) is 3.98. The van der Waals surface area contributed by atoms with E-state index in [2.05, 4.69) is 15.5 Å². The van der Waals surface area contributed by atoms with E-state index in [4.69, 9.17) is 0 Å². The Kier molecular flexibility index (Phi) is 6.97. The molecule has 2 fully saturated rings. The van der Waals surface area contributed by atoms with Gasteiger partial charge < -0.3 is 25.5 Å². The van der Waals surface area contributed by atoms with Crippen molar-refractivity contribution in [1.82, 2.24) is 5.32 Å². The summed E-state index contributed by atoms with van der Waals surface area (Å²) in [6.45, 7) is 1.99. The summed E-state index contributed by atoms with van der Waals surface area (Å²) in [5.74, 6) is -0.241. The Morgan fingerprint density at radius 1 is 0.941 bits per heavy atom. The number of nitrogens with zero attached hydrogens (tertiary/aromatic N) is 2. The minimum absolute atomic E-state index is 0.198. The van der Waals surface area contributed by atoms with Crippen LogP contribution < -0.4 is 20.4 Å². The van der Waals surface area contributed by atoms with Crippen molar-refractivity contribution < 1.29 is 27.9 Å². The number of urea groups is 1. The van der Waals surface area contributed by atoms with E-state index in [1.165, 1.54) is 12.1 Å². The molecule has 182 valence electrons. The third-order valence-corrected chi connectivity index (χ3v) is 6.14. The highest BCUT2D eigenvalue weighted by Gasteiger charge is 2.32. The number of piperidine rings is 2. The third kappa shape index (κ3) is 5.61. The lowest BCUT2D eigenvalue weighted by molar-refractivity contribution is -0.137. The summed E-state index contributed by atoms with van der Waals surface area (Å²) in [7, 11) is 0. The highest BCUT2D eigenvalue weighted by atomic mass is 19.4. The Morgan fingerprint density at radius 2 is 1.59 bits per heavy atom. The van der Waals surface area contributed by atoms with Gasteiger partial charge in [0.05, 0.1) is 11.7 Å². The topological polar surface area (TPSA) is 84.9 Å². The second-order valence-electron chi connectivity index (χ2n) is 8.62. The van der Waals surface area contributed by atoms with Crippen LogP contribution in [0.2, 0.25) is 0 Å². The molecule has 2 saturated heterocycles. The molecule has 7 nitrogen and oxygen atoms in total. The average molecular weight is 476 g/mol.